The largest absolute Gasteiger partial charge is 0.497 e. The Labute approximate surface area is 190 Å². The van der Waals surface area contributed by atoms with Crippen molar-refractivity contribution in [1.29, 1.82) is 0 Å². The number of hydrogen-bond acceptors (Lipinski definition) is 4. The van der Waals surface area contributed by atoms with Crippen LogP contribution < -0.4 is 9.47 Å². The molecule has 1 rings (SSSR count). The normalized spacial score (nSPS) is 12.1. The van der Waals surface area contributed by atoms with Crippen LogP contribution in [0.25, 0.3) is 0 Å². The Morgan fingerprint density at radius 1 is 0.733 bits per heavy atom. The van der Waals surface area contributed by atoms with Crippen molar-refractivity contribution >= 4 is 11.8 Å². The zero-order valence-electron chi connectivity index (χ0n) is 19.6. The van der Waals surface area contributed by atoms with Gasteiger partial charge in [0, 0.05) is 5.75 Å². The van der Waals surface area contributed by atoms with Gasteiger partial charge in [-0.15, -0.1) is 0 Å². The van der Waals surface area contributed by atoms with Crippen molar-refractivity contribution in [2.45, 2.75) is 103 Å². The Hall–Kier alpha value is -0.870. The lowest BCUT2D eigenvalue weighted by atomic mass is 10.0. The SMILES string of the molecule is CCCCCCCCCCCCCCCCSC[C@@H](O)COc1ccc(OC)cc1. The van der Waals surface area contributed by atoms with Gasteiger partial charge in [-0.25, -0.2) is 0 Å². The van der Waals surface area contributed by atoms with E-state index < -0.39 is 6.10 Å². The van der Waals surface area contributed by atoms with Crippen molar-refractivity contribution in [3.8, 4) is 11.5 Å². The zero-order chi connectivity index (χ0) is 21.7. The molecule has 0 bridgehead atoms. The molecule has 1 atom stereocenters. The minimum atomic E-state index is -0.413. The highest BCUT2D eigenvalue weighted by Gasteiger charge is 2.06. The lowest BCUT2D eigenvalue weighted by molar-refractivity contribution is 0.126. The zero-order valence-corrected chi connectivity index (χ0v) is 20.4. The number of aliphatic hydroxyl groups excluding tert-OH is 1. The monoisotopic (exact) mass is 438 g/mol. The fraction of sp³-hybridized carbons (Fsp3) is 0.769. The summed E-state index contributed by atoms with van der Waals surface area (Å²) in [5.74, 6) is 3.46. The van der Waals surface area contributed by atoms with Crippen LogP contribution in [0.2, 0.25) is 0 Å². The van der Waals surface area contributed by atoms with Gasteiger partial charge in [-0.2, -0.15) is 11.8 Å². The average Bonchev–Trinajstić information content (AvgIpc) is 2.77. The summed E-state index contributed by atoms with van der Waals surface area (Å²) in [6.45, 7) is 2.63. The Bertz CT molecular complexity index is 478. The number of benzene rings is 1. The molecule has 174 valence electrons. The lowest BCUT2D eigenvalue weighted by Crippen LogP contribution is -2.20. The summed E-state index contributed by atoms with van der Waals surface area (Å²) in [6.07, 6.45) is 19.1. The van der Waals surface area contributed by atoms with Crippen molar-refractivity contribution in [3.63, 3.8) is 0 Å². The summed E-state index contributed by atoms with van der Waals surface area (Å²) in [7, 11) is 1.65. The first kappa shape index (κ1) is 27.2. The highest BCUT2D eigenvalue weighted by Crippen LogP contribution is 2.18. The van der Waals surface area contributed by atoms with Crippen LogP contribution in [-0.4, -0.2) is 36.4 Å². The molecule has 4 heteroatoms. The Balaban J connectivity index is 1.80. The second-order valence-corrected chi connectivity index (χ2v) is 9.46. The number of ether oxygens (including phenoxy) is 2. The number of unbranched alkanes of at least 4 members (excludes halogenated alkanes) is 13. The van der Waals surface area contributed by atoms with Gasteiger partial charge in [0.2, 0.25) is 0 Å². The Morgan fingerprint density at radius 2 is 1.20 bits per heavy atom. The molecule has 0 saturated heterocycles. The fourth-order valence-electron chi connectivity index (χ4n) is 3.53. The first-order valence-corrected chi connectivity index (χ1v) is 13.4. The maximum absolute atomic E-state index is 10.1. The summed E-state index contributed by atoms with van der Waals surface area (Å²) >= 11 is 1.84. The van der Waals surface area contributed by atoms with Gasteiger partial charge < -0.3 is 14.6 Å². The van der Waals surface area contributed by atoms with Gasteiger partial charge in [0.25, 0.3) is 0 Å². The molecule has 0 heterocycles. The third-order valence-corrected chi connectivity index (χ3v) is 6.65. The van der Waals surface area contributed by atoms with E-state index in [2.05, 4.69) is 6.92 Å². The topological polar surface area (TPSA) is 38.7 Å². The van der Waals surface area contributed by atoms with E-state index in [4.69, 9.17) is 9.47 Å². The van der Waals surface area contributed by atoms with Crippen molar-refractivity contribution < 1.29 is 14.6 Å². The first-order valence-electron chi connectivity index (χ1n) is 12.3. The van der Waals surface area contributed by atoms with Gasteiger partial charge in [0.1, 0.15) is 18.1 Å². The quantitative estimate of drug-likeness (QED) is 0.200. The second-order valence-electron chi connectivity index (χ2n) is 8.31. The van der Waals surface area contributed by atoms with E-state index in [-0.39, 0.29) is 0 Å². The van der Waals surface area contributed by atoms with Crippen molar-refractivity contribution in [3.05, 3.63) is 24.3 Å². The molecule has 0 spiro atoms. The Morgan fingerprint density at radius 3 is 1.70 bits per heavy atom. The molecular weight excluding hydrogens is 392 g/mol. The van der Waals surface area contributed by atoms with Crippen LogP contribution in [0.15, 0.2) is 24.3 Å². The number of methoxy groups -OCH3 is 1. The van der Waals surface area contributed by atoms with Crippen LogP contribution >= 0.6 is 11.8 Å². The number of hydrogen-bond donors (Lipinski definition) is 1. The maximum atomic E-state index is 10.1. The van der Waals surface area contributed by atoms with Crippen molar-refractivity contribution in [2.24, 2.45) is 0 Å². The number of rotatable bonds is 21. The van der Waals surface area contributed by atoms with Gasteiger partial charge in [-0.05, 0) is 36.4 Å². The Kier molecular flexibility index (Phi) is 18.2. The molecular formula is C26H46O3S. The molecule has 30 heavy (non-hydrogen) atoms. The maximum Gasteiger partial charge on any atom is 0.119 e. The molecule has 0 unspecified atom stereocenters. The van der Waals surface area contributed by atoms with Gasteiger partial charge in [0.15, 0.2) is 0 Å². The molecule has 1 aromatic carbocycles. The molecule has 0 amide bonds. The van der Waals surface area contributed by atoms with Gasteiger partial charge in [-0.3, -0.25) is 0 Å². The molecule has 0 fully saturated rings. The smallest absolute Gasteiger partial charge is 0.119 e. The highest BCUT2D eigenvalue weighted by atomic mass is 32.2. The molecule has 0 aliphatic rings. The van der Waals surface area contributed by atoms with Crippen molar-refractivity contribution in [2.75, 3.05) is 25.2 Å². The van der Waals surface area contributed by atoms with E-state index in [1.165, 1.54) is 89.9 Å². The first-order chi connectivity index (χ1) is 14.8. The molecule has 0 aliphatic carbocycles. The van der Waals surface area contributed by atoms with Gasteiger partial charge in [0.05, 0.1) is 13.2 Å². The molecule has 0 radical (unpaired) electrons. The third kappa shape index (κ3) is 15.9. The molecule has 0 aliphatic heterocycles. The minimum absolute atomic E-state index is 0.345. The second kappa shape index (κ2) is 20.1. The van der Waals surface area contributed by atoms with Crippen molar-refractivity contribution in [1.82, 2.24) is 0 Å². The molecule has 1 N–H and O–H groups in total. The van der Waals surface area contributed by atoms with E-state index in [0.717, 1.165) is 23.0 Å². The number of aliphatic hydroxyl groups is 1. The van der Waals surface area contributed by atoms with Crippen LogP contribution in [0.4, 0.5) is 0 Å². The van der Waals surface area contributed by atoms with Crippen LogP contribution in [0.5, 0.6) is 11.5 Å². The predicted octanol–water partition coefficient (Wildman–Crippen LogP) is 7.65. The summed E-state index contributed by atoms with van der Waals surface area (Å²) < 4.78 is 10.8. The van der Waals surface area contributed by atoms with E-state index in [0.29, 0.717) is 6.61 Å². The van der Waals surface area contributed by atoms with E-state index in [1.807, 2.05) is 36.0 Å². The fourth-order valence-corrected chi connectivity index (χ4v) is 4.47. The van der Waals surface area contributed by atoms with Crippen LogP contribution in [0.3, 0.4) is 0 Å². The van der Waals surface area contributed by atoms with E-state index in [1.54, 1.807) is 7.11 Å². The summed E-state index contributed by atoms with van der Waals surface area (Å²) in [4.78, 5) is 0. The summed E-state index contributed by atoms with van der Waals surface area (Å²) in [5, 5.41) is 10.1. The average molecular weight is 439 g/mol. The van der Waals surface area contributed by atoms with Crippen LogP contribution in [-0.2, 0) is 0 Å². The minimum Gasteiger partial charge on any atom is -0.497 e. The van der Waals surface area contributed by atoms with E-state index >= 15 is 0 Å². The lowest BCUT2D eigenvalue weighted by Gasteiger charge is -2.12. The standard InChI is InChI=1S/C26H46O3S/c1-3-4-5-6-7-8-9-10-11-12-13-14-15-16-21-30-23-24(27)22-29-26-19-17-25(28-2)18-20-26/h17-20,24,27H,3-16,21-23H2,1-2H3/t24-/m0/s1. The predicted molar refractivity (Wildman–Crippen MR) is 132 cm³/mol. The van der Waals surface area contributed by atoms with Gasteiger partial charge in [-0.1, -0.05) is 90.4 Å². The van der Waals surface area contributed by atoms with E-state index in [9.17, 15) is 5.11 Å². The third-order valence-electron chi connectivity index (χ3n) is 5.45. The highest BCUT2D eigenvalue weighted by molar-refractivity contribution is 7.99. The van der Waals surface area contributed by atoms with Gasteiger partial charge >= 0.3 is 0 Å². The summed E-state index contributed by atoms with van der Waals surface area (Å²) in [5.41, 5.74) is 0. The summed E-state index contributed by atoms with van der Waals surface area (Å²) in [6, 6.07) is 7.47. The molecule has 1 aromatic rings. The van der Waals surface area contributed by atoms with Crippen LogP contribution in [0, 0.1) is 0 Å². The number of thioether (sulfide) groups is 1. The molecule has 0 saturated carbocycles. The molecule has 0 aromatic heterocycles. The molecule has 3 nitrogen and oxygen atoms in total. The van der Waals surface area contributed by atoms with Crippen LogP contribution in [0.1, 0.15) is 96.8 Å².